The predicted molar refractivity (Wildman–Crippen MR) is 63.9 cm³/mol. The highest BCUT2D eigenvalue weighted by Gasteiger charge is 2.29. The lowest BCUT2D eigenvalue weighted by molar-refractivity contribution is -0.350. The average Bonchev–Trinajstić information content (AvgIpc) is 2.31. The first-order valence-electron chi connectivity index (χ1n) is 4.66. The fourth-order valence-corrected chi connectivity index (χ4v) is 1.69. The Labute approximate surface area is 105 Å². The van der Waals surface area contributed by atoms with Crippen LogP contribution in [0.25, 0.3) is 0 Å². The Kier molecular flexibility index (Phi) is 5.02. The lowest BCUT2D eigenvalue weighted by atomic mass is 10.1. The third kappa shape index (κ3) is 3.09. The molecule has 0 atom stereocenters. The molecule has 0 aromatic heterocycles. The maximum atomic E-state index is 5.92. The second kappa shape index (κ2) is 5.84. The van der Waals surface area contributed by atoms with E-state index in [9.17, 15) is 0 Å². The topological polar surface area (TPSA) is 27.7 Å². The van der Waals surface area contributed by atoms with Gasteiger partial charge in [0, 0.05) is 21.3 Å². The van der Waals surface area contributed by atoms with Gasteiger partial charge < -0.3 is 14.2 Å². The van der Waals surface area contributed by atoms with Gasteiger partial charge in [-0.05, 0) is 17.7 Å². The molecule has 0 spiro atoms. The molecule has 0 radical (unpaired) electrons. The standard InChI is InChI=1S/C11H14Cl2O3/c1-14-11(15-2,16-3)7-8-4-5-9(12)10(13)6-8/h4-6H,7H2,1-3H3. The largest absolute Gasteiger partial charge is 0.331 e. The van der Waals surface area contributed by atoms with Crippen LogP contribution < -0.4 is 0 Å². The van der Waals surface area contributed by atoms with Crippen molar-refractivity contribution in [3.05, 3.63) is 33.8 Å². The Balaban J connectivity index is 2.89. The maximum Gasteiger partial charge on any atom is 0.286 e. The fourth-order valence-electron chi connectivity index (χ4n) is 1.37. The molecule has 1 aromatic carbocycles. The van der Waals surface area contributed by atoms with Gasteiger partial charge in [0.1, 0.15) is 0 Å². The van der Waals surface area contributed by atoms with Crippen LogP contribution in [0.5, 0.6) is 0 Å². The van der Waals surface area contributed by atoms with Gasteiger partial charge in [-0.25, -0.2) is 0 Å². The molecule has 0 heterocycles. The lowest BCUT2D eigenvalue weighted by Crippen LogP contribution is -2.38. The summed E-state index contributed by atoms with van der Waals surface area (Å²) in [6.45, 7) is 0. The number of halogens is 2. The highest BCUT2D eigenvalue weighted by Crippen LogP contribution is 2.26. The Morgan fingerprint density at radius 2 is 1.56 bits per heavy atom. The third-order valence-electron chi connectivity index (χ3n) is 2.34. The van der Waals surface area contributed by atoms with Gasteiger partial charge in [-0.1, -0.05) is 29.3 Å². The number of benzene rings is 1. The first-order chi connectivity index (χ1) is 7.56. The quantitative estimate of drug-likeness (QED) is 0.765. The minimum atomic E-state index is -1.09. The van der Waals surface area contributed by atoms with Crippen molar-refractivity contribution in [1.82, 2.24) is 0 Å². The summed E-state index contributed by atoms with van der Waals surface area (Å²) in [5.41, 5.74) is 0.917. The van der Waals surface area contributed by atoms with E-state index in [0.717, 1.165) is 5.56 Å². The van der Waals surface area contributed by atoms with E-state index in [1.807, 2.05) is 6.07 Å². The van der Waals surface area contributed by atoms with Crippen LogP contribution in [0.3, 0.4) is 0 Å². The van der Waals surface area contributed by atoms with Gasteiger partial charge in [-0.15, -0.1) is 0 Å². The second-order valence-corrected chi connectivity index (χ2v) is 4.04. The molecule has 0 bridgehead atoms. The summed E-state index contributed by atoms with van der Waals surface area (Å²) in [6.07, 6.45) is 0.424. The molecule has 0 aliphatic heterocycles. The summed E-state index contributed by atoms with van der Waals surface area (Å²) in [7, 11) is 4.56. The zero-order chi connectivity index (χ0) is 12.2. The first-order valence-corrected chi connectivity index (χ1v) is 5.42. The summed E-state index contributed by atoms with van der Waals surface area (Å²) >= 11 is 11.7. The van der Waals surface area contributed by atoms with E-state index in [0.29, 0.717) is 16.5 Å². The third-order valence-corrected chi connectivity index (χ3v) is 3.08. The smallest absolute Gasteiger partial charge is 0.286 e. The number of hydrogen-bond donors (Lipinski definition) is 0. The number of hydrogen-bond acceptors (Lipinski definition) is 3. The summed E-state index contributed by atoms with van der Waals surface area (Å²) in [4.78, 5) is 0. The van der Waals surface area contributed by atoms with Crippen molar-refractivity contribution >= 4 is 23.2 Å². The van der Waals surface area contributed by atoms with Crippen LogP contribution in [0.4, 0.5) is 0 Å². The van der Waals surface area contributed by atoms with Crippen molar-refractivity contribution in [2.75, 3.05) is 21.3 Å². The summed E-state index contributed by atoms with van der Waals surface area (Å²) in [5, 5.41) is 1.01. The summed E-state index contributed by atoms with van der Waals surface area (Å²) < 4.78 is 15.6. The van der Waals surface area contributed by atoms with Crippen molar-refractivity contribution in [3.63, 3.8) is 0 Å². The maximum absolute atomic E-state index is 5.92. The molecule has 0 amide bonds. The van der Waals surface area contributed by atoms with Crippen LogP contribution in [0, 0.1) is 0 Å². The molecule has 0 saturated carbocycles. The molecule has 3 nitrogen and oxygen atoms in total. The van der Waals surface area contributed by atoms with Gasteiger partial charge in [0.15, 0.2) is 0 Å². The van der Waals surface area contributed by atoms with Crippen LogP contribution in [0.1, 0.15) is 5.56 Å². The van der Waals surface area contributed by atoms with E-state index >= 15 is 0 Å². The van der Waals surface area contributed by atoms with Gasteiger partial charge in [0.05, 0.1) is 16.5 Å². The first kappa shape index (κ1) is 13.7. The number of ether oxygens (including phenoxy) is 3. The van der Waals surface area contributed by atoms with Crippen molar-refractivity contribution in [1.29, 1.82) is 0 Å². The zero-order valence-electron chi connectivity index (χ0n) is 9.42. The van der Waals surface area contributed by atoms with Gasteiger partial charge in [0.2, 0.25) is 0 Å². The van der Waals surface area contributed by atoms with E-state index < -0.39 is 5.97 Å². The van der Waals surface area contributed by atoms with Crippen molar-refractivity contribution in [3.8, 4) is 0 Å². The SMILES string of the molecule is COC(Cc1ccc(Cl)c(Cl)c1)(OC)OC. The van der Waals surface area contributed by atoms with Crippen molar-refractivity contribution in [2.24, 2.45) is 0 Å². The molecule has 1 aromatic rings. The molecule has 5 heteroatoms. The molecule has 0 N–H and O–H groups in total. The minimum absolute atomic E-state index is 0.424. The average molecular weight is 265 g/mol. The predicted octanol–water partition coefficient (Wildman–Crippen LogP) is 3.13. The Bertz CT molecular complexity index is 343. The van der Waals surface area contributed by atoms with Crippen LogP contribution in [-0.4, -0.2) is 27.3 Å². The van der Waals surface area contributed by atoms with E-state index in [1.54, 1.807) is 12.1 Å². The normalized spacial score (nSPS) is 11.8. The monoisotopic (exact) mass is 264 g/mol. The van der Waals surface area contributed by atoms with Gasteiger partial charge in [-0.2, -0.15) is 0 Å². The summed E-state index contributed by atoms with van der Waals surface area (Å²) in [6, 6.07) is 5.33. The molecule has 90 valence electrons. The molecule has 0 aliphatic carbocycles. The van der Waals surface area contributed by atoms with Crippen molar-refractivity contribution < 1.29 is 14.2 Å². The molecule has 1 rings (SSSR count). The van der Waals surface area contributed by atoms with Gasteiger partial charge >= 0.3 is 0 Å². The lowest BCUT2D eigenvalue weighted by Gasteiger charge is -2.28. The van der Waals surface area contributed by atoms with Crippen LogP contribution >= 0.6 is 23.2 Å². The van der Waals surface area contributed by atoms with Gasteiger partial charge in [0.25, 0.3) is 5.97 Å². The molecule has 0 aliphatic rings. The number of methoxy groups -OCH3 is 3. The molecule has 0 fully saturated rings. The Morgan fingerprint density at radius 3 is 2.00 bits per heavy atom. The van der Waals surface area contributed by atoms with Crippen LogP contribution in [0.2, 0.25) is 10.0 Å². The molecular formula is C11H14Cl2O3. The highest BCUT2D eigenvalue weighted by atomic mass is 35.5. The van der Waals surface area contributed by atoms with Crippen LogP contribution in [0.15, 0.2) is 18.2 Å². The van der Waals surface area contributed by atoms with Gasteiger partial charge in [-0.3, -0.25) is 0 Å². The number of rotatable bonds is 5. The summed E-state index contributed by atoms with van der Waals surface area (Å²) in [5.74, 6) is -1.09. The Hall–Kier alpha value is -0.320. The molecule has 16 heavy (non-hydrogen) atoms. The molecule has 0 unspecified atom stereocenters. The Morgan fingerprint density at radius 1 is 1.00 bits per heavy atom. The van der Waals surface area contributed by atoms with E-state index in [1.165, 1.54) is 21.3 Å². The second-order valence-electron chi connectivity index (χ2n) is 3.22. The van der Waals surface area contributed by atoms with Crippen molar-refractivity contribution in [2.45, 2.75) is 12.4 Å². The van der Waals surface area contributed by atoms with E-state index in [2.05, 4.69) is 0 Å². The highest BCUT2D eigenvalue weighted by molar-refractivity contribution is 6.42. The minimum Gasteiger partial charge on any atom is -0.331 e. The molecule has 0 saturated heterocycles. The fraction of sp³-hybridized carbons (Fsp3) is 0.455. The molecular weight excluding hydrogens is 251 g/mol. The van der Waals surface area contributed by atoms with E-state index in [4.69, 9.17) is 37.4 Å². The van der Waals surface area contributed by atoms with Crippen LogP contribution in [-0.2, 0) is 20.6 Å². The zero-order valence-corrected chi connectivity index (χ0v) is 10.9. The van der Waals surface area contributed by atoms with E-state index in [-0.39, 0.29) is 0 Å².